The van der Waals surface area contributed by atoms with Crippen molar-refractivity contribution in [3.8, 4) is 0 Å². The maximum absolute atomic E-state index is 13.7. The lowest BCUT2D eigenvalue weighted by Crippen LogP contribution is -2.35. The summed E-state index contributed by atoms with van der Waals surface area (Å²) < 4.78 is 78.3. The van der Waals surface area contributed by atoms with Crippen molar-refractivity contribution >= 4 is 44.3 Å². The molecule has 0 saturated carbocycles. The lowest BCUT2D eigenvalue weighted by Gasteiger charge is -2.24. The Labute approximate surface area is 204 Å². The van der Waals surface area contributed by atoms with Crippen LogP contribution in [0.5, 0.6) is 0 Å². The number of halogens is 4. The van der Waals surface area contributed by atoms with Crippen LogP contribution in [-0.4, -0.2) is 43.3 Å². The summed E-state index contributed by atoms with van der Waals surface area (Å²) in [6.45, 7) is 3.77. The molecule has 0 unspecified atom stereocenters. The fraction of sp³-hybridized carbons (Fsp3) is 0.217. The van der Waals surface area contributed by atoms with Crippen molar-refractivity contribution in [3.63, 3.8) is 0 Å². The van der Waals surface area contributed by atoms with Crippen LogP contribution in [0.2, 0.25) is 0 Å². The van der Waals surface area contributed by atoms with Crippen LogP contribution in [0.15, 0.2) is 53.5 Å². The first-order valence-electron chi connectivity index (χ1n) is 10.4. The number of fused-ring (bicyclic) bond motifs is 1. The average Bonchev–Trinajstić information content (AvgIpc) is 3.24. The summed E-state index contributed by atoms with van der Waals surface area (Å²) >= 11 is 0. The summed E-state index contributed by atoms with van der Waals surface area (Å²) in [7, 11) is -4.35. The van der Waals surface area contributed by atoms with Gasteiger partial charge in [0.1, 0.15) is 11.4 Å². The quantitative estimate of drug-likeness (QED) is 0.250. The van der Waals surface area contributed by atoms with Gasteiger partial charge in [0.2, 0.25) is 10.0 Å². The van der Waals surface area contributed by atoms with Gasteiger partial charge >= 0.3 is 6.55 Å². The van der Waals surface area contributed by atoms with Gasteiger partial charge in [-0.3, -0.25) is 4.98 Å². The number of pyridine rings is 2. The van der Waals surface area contributed by atoms with E-state index in [2.05, 4.69) is 25.1 Å². The molecular formula is C23H18F4N6O2S. The maximum Gasteiger partial charge on any atom is 0.327 e. The molecule has 3 heterocycles. The Bertz CT molecular complexity index is 1490. The zero-order chi connectivity index (χ0) is 26.0. The molecule has 0 saturated heterocycles. The number of benzene rings is 1. The number of sulfonamides is 1. The highest BCUT2D eigenvalue weighted by Crippen LogP contribution is 2.40. The van der Waals surface area contributed by atoms with Crippen LogP contribution in [0.3, 0.4) is 0 Å². The molecule has 1 N–H and O–H groups in total. The summed E-state index contributed by atoms with van der Waals surface area (Å²) in [4.78, 5) is 15.9. The van der Waals surface area contributed by atoms with Crippen LogP contribution >= 0.6 is 0 Å². The van der Waals surface area contributed by atoms with Crippen molar-refractivity contribution in [2.24, 2.45) is 4.99 Å². The molecule has 1 aliphatic heterocycles. The topological polar surface area (TPSA) is 91.9 Å². The van der Waals surface area contributed by atoms with Crippen LogP contribution in [-0.2, 0) is 22.9 Å². The second-order valence-corrected chi connectivity index (χ2v) is 9.65. The van der Waals surface area contributed by atoms with Gasteiger partial charge in [0.25, 0.3) is 12.2 Å². The number of para-hydroxylation sites is 2. The number of hydrogen-bond donors (Lipinski definition) is 1. The van der Waals surface area contributed by atoms with Gasteiger partial charge in [-0.2, -0.15) is 8.78 Å². The Kier molecular flexibility index (Phi) is 6.89. The third-order valence-corrected chi connectivity index (χ3v) is 6.26. The molecule has 36 heavy (non-hydrogen) atoms. The molecule has 13 heteroatoms. The fourth-order valence-corrected chi connectivity index (χ4v) is 4.53. The van der Waals surface area contributed by atoms with E-state index in [1.807, 2.05) is 0 Å². The number of aliphatic imine (C=N–C) groups is 1. The number of anilines is 3. The summed E-state index contributed by atoms with van der Waals surface area (Å²) in [6.07, 6.45) is -2.22. The highest BCUT2D eigenvalue weighted by atomic mass is 32.2. The molecule has 0 aliphatic carbocycles. The van der Waals surface area contributed by atoms with E-state index in [-0.39, 0.29) is 51.4 Å². The molecular weight excluding hydrogens is 500 g/mol. The molecule has 0 radical (unpaired) electrons. The van der Waals surface area contributed by atoms with Crippen LogP contribution < -0.4 is 9.62 Å². The van der Waals surface area contributed by atoms with Crippen molar-refractivity contribution in [2.45, 2.75) is 25.8 Å². The van der Waals surface area contributed by atoms with E-state index in [4.69, 9.17) is 6.57 Å². The number of hydrogen-bond acceptors (Lipinski definition) is 6. The Morgan fingerprint density at radius 3 is 2.47 bits per heavy atom. The summed E-state index contributed by atoms with van der Waals surface area (Å²) in [5, 5.41) is 2.89. The standard InChI is InChI=1S/C23H18F4N6O2S/c1-28-20-9-5-6-13(30-20)10-14-11-16(21-17(29-14)12-18(32-21)22(24)25)31-15-7-3-4-8-19(15)33(23(26)27)36(2,34)35/h3-9,11,22-23H,10,12H2,2H3,(H,29,31). The molecule has 1 aromatic carbocycles. The number of rotatable bonds is 8. The lowest BCUT2D eigenvalue weighted by atomic mass is 10.1. The predicted octanol–water partition coefficient (Wildman–Crippen LogP) is 5.24. The first-order chi connectivity index (χ1) is 17.1. The Hall–Kier alpha value is -4.05. The molecule has 4 rings (SSSR count). The van der Waals surface area contributed by atoms with Gasteiger partial charge in [-0.1, -0.05) is 24.8 Å². The SMILES string of the molecule is [C-]#[N+]c1cccc(Cc2cc(Nc3ccccc3N(C(F)F)S(C)(=O)=O)c3c(n2)CC(C(F)F)=N3)n1. The highest BCUT2D eigenvalue weighted by Gasteiger charge is 2.30. The zero-order valence-corrected chi connectivity index (χ0v) is 19.5. The van der Waals surface area contributed by atoms with E-state index in [0.29, 0.717) is 17.6 Å². The average molecular weight is 518 g/mol. The number of nitrogens with zero attached hydrogens (tertiary/aromatic N) is 5. The lowest BCUT2D eigenvalue weighted by molar-refractivity contribution is 0.162. The van der Waals surface area contributed by atoms with Crippen LogP contribution in [0.4, 0.5) is 46.1 Å². The number of aromatic nitrogens is 2. The van der Waals surface area contributed by atoms with E-state index in [1.165, 1.54) is 36.4 Å². The van der Waals surface area contributed by atoms with Gasteiger partial charge in [0, 0.05) is 6.42 Å². The third kappa shape index (κ3) is 5.28. The Morgan fingerprint density at radius 1 is 1.06 bits per heavy atom. The Balaban J connectivity index is 1.79. The molecule has 186 valence electrons. The molecule has 0 spiro atoms. The molecule has 3 aromatic rings. The van der Waals surface area contributed by atoms with Crippen LogP contribution in [0, 0.1) is 6.57 Å². The van der Waals surface area contributed by atoms with E-state index in [0.717, 1.165) is 0 Å². The zero-order valence-electron chi connectivity index (χ0n) is 18.7. The van der Waals surface area contributed by atoms with Gasteiger partial charge in [0.05, 0.1) is 46.8 Å². The van der Waals surface area contributed by atoms with Gasteiger partial charge in [-0.25, -0.2) is 26.5 Å². The van der Waals surface area contributed by atoms with Crippen LogP contribution in [0.25, 0.3) is 4.85 Å². The monoisotopic (exact) mass is 518 g/mol. The molecule has 8 nitrogen and oxygen atoms in total. The minimum Gasteiger partial charge on any atom is -0.361 e. The number of alkyl halides is 4. The molecule has 0 atom stereocenters. The number of nitrogens with one attached hydrogen (secondary N) is 1. The first kappa shape index (κ1) is 25.1. The maximum atomic E-state index is 13.7. The normalized spacial score (nSPS) is 12.9. The second kappa shape index (κ2) is 9.90. The highest BCUT2D eigenvalue weighted by molar-refractivity contribution is 7.92. The third-order valence-electron chi connectivity index (χ3n) is 5.19. The van der Waals surface area contributed by atoms with Gasteiger partial charge in [-0.05, 0) is 30.3 Å². The summed E-state index contributed by atoms with van der Waals surface area (Å²) in [6, 6.07) is 11.9. The van der Waals surface area contributed by atoms with Crippen molar-refractivity contribution < 1.29 is 26.0 Å². The van der Waals surface area contributed by atoms with E-state index in [1.54, 1.807) is 12.1 Å². The molecule has 0 fully saturated rings. The Morgan fingerprint density at radius 2 is 1.81 bits per heavy atom. The van der Waals surface area contributed by atoms with Crippen molar-refractivity contribution in [1.82, 2.24) is 9.97 Å². The van der Waals surface area contributed by atoms with E-state index in [9.17, 15) is 26.0 Å². The van der Waals surface area contributed by atoms with Gasteiger partial charge < -0.3 is 10.2 Å². The summed E-state index contributed by atoms with van der Waals surface area (Å²) in [5.74, 6) is 0.178. The van der Waals surface area contributed by atoms with Crippen molar-refractivity contribution in [1.29, 1.82) is 0 Å². The minimum atomic E-state index is -4.35. The molecule has 0 bridgehead atoms. The van der Waals surface area contributed by atoms with Gasteiger partial charge in [0.15, 0.2) is 0 Å². The predicted molar refractivity (Wildman–Crippen MR) is 127 cm³/mol. The minimum absolute atomic E-state index is 0.00333. The van der Waals surface area contributed by atoms with Crippen molar-refractivity contribution in [2.75, 3.05) is 15.9 Å². The first-order valence-corrected chi connectivity index (χ1v) is 12.3. The second-order valence-electron chi connectivity index (χ2n) is 7.79. The van der Waals surface area contributed by atoms with E-state index < -0.39 is 28.7 Å². The van der Waals surface area contributed by atoms with E-state index >= 15 is 0 Å². The summed E-state index contributed by atoms with van der Waals surface area (Å²) in [5.41, 5.74) is 0.722. The smallest absolute Gasteiger partial charge is 0.327 e. The fourth-order valence-electron chi connectivity index (χ4n) is 3.72. The molecule has 0 amide bonds. The van der Waals surface area contributed by atoms with Crippen LogP contribution in [0.1, 0.15) is 17.1 Å². The molecule has 1 aliphatic rings. The molecule has 2 aromatic heterocycles. The van der Waals surface area contributed by atoms with Crippen molar-refractivity contribution in [3.05, 3.63) is 77.0 Å². The van der Waals surface area contributed by atoms with Gasteiger partial charge in [-0.15, -0.1) is 4.98 Å². The largest absolute Gasteiger partial charge is 0.361 e.